The summed E-state index contributed by atoms with van der Waals surface area (Å²) >= 11 is 0. The van der Waals surface area contributed by atoms with Crippen molar-refractivity contribution in [1.29, 1.82) is 0 Å². The van der Waals surface area contributed by atoms with E-state index in [2.05, 4.69) is 10.6 Å². The van der Waals surface area contributed by atoms with E-state index in [1.807, 2.05) is 25.1 Å². The number of rotatable bonds is 9. The number of allylic oxidation sites excluding steroid dienone is 1. The minimum absolute atomic E-state index is 0.173. The Kier molecular flexibility index (Phi) is 8.28. The first-order valence-electron chi connectivity index (χ1n) is 9.46. The van der Waals surface area contributed by atoms with Gasteiger partial charge >= 0.3 is 18.0 Å². The van der Waals surface area contributed by atoms with Crippen molar-refractivity contribution in [2.45, 2.75) is 26.8 Å². The number of hydrogen-bond acceptors (Lipinski definition) is 7. The minimum Gasteiger partial charge on any atom is -0.493 e. The van der Waals surface area contributed by atoms with E-state index < -0.39 is 24.0 Å². The maximum atomic E-state index is 12.2. The van der Waals surface area contributed by atoms with Gasteiger partial charge in [-0.2, -0.15) is 0 Å². The molecule has 0 saturated heterocycles. The number of hydrogen-bond donors (Lipinski definition) is 2. The van der Waals surface area contributed by atoms with E-state index in [9.17, 15) is 14.4 Å². The van der Waals surface area contributed by atoms with Crippen molar-refractivity contribution in [3.05, 3.63) is 41.1 Å². The quantitative estimate of drug-likeness (QED) is 0.591. The molecule has 0 bridgehead atoms. The largest absolute Gasteiger partial charge is 0.493 e. The molecule has 1 heterocycles. The number of urea groups is 1. The summed E-state index contributed by atoms with van der Waals surface area (Å²) in [4.78, 5) is 36.0. The van der Waals surface area contributed by atoms with E-state index in [0.29, 0.717) is 11.5 Å². The van der Waals surface area contributed by atoms with Crippen LogP contribution in [0.4, 0.5) is 4.79 Å². The van der Waals surface area contributed by atoms with Crippen LogP contribution in [0.1, 0.15) is 26.3 Å². The molecular formula is C21H26N2O7. The van der Waals surface area contributed by atoms with Crippen LogP contribution in [0.2, 0.25) is 0 Å². The maximum absolute atomic E-state index is 12.2. The Morgan fingerprint density at radius 3 is 2.63 bits per heavy atom. The first-order valence-corrected chi connectivity index (χ1v) is 9.46. The second-order valence-electron chi connectivity index (χ2n) is 6.29. The normalized spacial score (nSPS) is 16.0. The predicted octanol–water partition coefficient (Wildman–Crippen LogP) is 2.17. The first-order chi connectivity index (χ1) is 14.4. The van der Waals surface area contributed by atoms with Gasteiger partial charge in [-0.25, -0.2) is 14.4 Å². The number of ether oxygens (including phenoxy) is 4. The highest BCUT2D eigenvalue weighted by atomic mass is 16.6. The zero-order valence-electron chi connectivity index (χ0n) is 17.4. The molecular weight excluding hydrogens is 392 g/mol. The second-order valence-corrected chi connectivity index (χ2v) is 6.29. The van der Waals surface area contributed by atoms with E-state index in [4.69, 9.17) is 18.9 Å². The van der Waals surface area contributed by atoms with Crippen LogP contribution in [-0.2, 0) is 19.1 Å². The van der Waals surface area contributed by atoms with Crippen molar-refractivity contribution in [1.82, 2.24) is 10.6 Å². The van der Waals surface area contributed by atoms with Crippen LogP contribution in [0.3, 0.4) is 0 Å². The topological polar surface area (TPSA) is 112 Å². The fraction of sp³-hybridized carbons (Fsp3) is 0.381. The Bertz CT molecular complexity index is 861. The van der Waals surface area contributed by atoms with Gasteiger partial charge in [-0.05, 0) is 38.5 Å². The number of amides is 2. The highest BCUT2D eigenvalue weighted by Gasteiger charge is 2.30. The van der Waals surface area contributed by atoms with Gasteiger partial charge in [-0.3, -0.25) is 0 Å². The Morgan fingerprint density at radius 1 is 1.20 bits per heavy atom. The Hall–Kier alpha value is -3.49. The number of carbonyl (C=O) groups excluding carboxylic acids is 3. The molecule has 1 aromatic carbocycles. The van der Waals surface area contributed by atoms with Crippen molar-refractivity contribution in [3.63, 3.8) is 0 Å². The number of benzene rings is 1. The molecule has 1 atom stereocenters. The van der Waals surface area contributed by atoms with E-state index in [1.165, 1.54) is 7.11 Å². The Balaban J connectivity index is 2.01. The van der Waals surface area contributed by atoms with Gasteiger partial charge in [0.1, 0.15) is 6.61 Å². The zero-order valence-corrected chi connectivity index (χ0v) is 17.4. The van der Waals surface area contributed by atoms with Crippen molar-refractivity contribution < 1.29 is 33.3 Å². The lowest BCUT2D eigenvalue weighted by Crippen LogP contribution is -2.50. The van der Waals surface area contributed by atoms with Gasteiger partial charge in [0.15, 0.2) is 18.1 Å². The molecule has 0 unspecified atom stereocenters. The van der Waals surface area contributed by atoms with E-state index in [1.54, 1.807) is 26.0 Å². The molecule has 0 saturated carbocycles. The number of nitrogens with one attached hydrogen (secondary N) is 2. The third-order valence-electron chi connectivity index (χ3n) is 4.14. The van der Waals surface area contributed by atoms with Gasteiger partial charge in [0.2, 0.25) is 0 Å². The second kappa shape index (κ2) is 10.9. The van der Waals surface area contributed by atoms with Gasteiger partial charge in [0.25, 0.3) is 0 Å². The fourth-order valence-electron chi connectivity index (χ4n) is 2.82. The van der Waals surface area contributed by atoms with Crippen molar-refractivity contribution in [3.8, 4) is 11.5 Å². The van der Waals surface area contributed by atoms with E-state index in [-0.39, 0.29) is 31.1 Å². The van der Waals surface area contributed by atoms with Crippen molar-refractivity contribution in [2.24, 2.45) is 0 Å². The molecule has 9 heteroatoms. The predicted molar refractivity (Wildman–Crippen MR) is 109 cm³/mol. The molecule has 1 aromatic rings. The van der Waals surface area contributed by atoms with Crippen LogP contribution in [0.5, 0.6) is 11.5 Å². The molecule has 30 heavy (non-hydrogen) atoms. The highest BCUT2D eigenvalue weighted by Crippen LogP contribution is 2.28. The SMILES string of the molecule is C/C=C/c1ccc(OCC(=O)OCC2=C(C(=O)OCC)[C@@H](C)NC(=O)N2)c(OC)c1. The summed E-state index contributed by atoms with van der Waals surface area (Å²) in [6, 6.07) is 4.22. The van der Waals surface area contributed by atoms with Gasteiger partial charge in [-0.1, -0.05) is 18.2 Å². The van der Waals surface area contributed by atoms with Crippen molar-refractivity contribution >= 4 is 24.0 Å². The number of carbonyl (C=O) groups is 3. The fourth-order valence-corrected chi connectivity index (χ4v) is 2.82. The lowest BCUT2D eigenvalue weighted by molar-refractivity contribution is -0.145. The maximum Gasteiger partial charge on any atom is 0.344 e. The third kappa shape index (κ3) is 6.00. The molecule has 2 rings (SSSR count). The monoisotopic (exact) mass is 418 g/mol. The molecule has 0 aromatic heterocycles. The van der Waals surface area contributed by atoms with Crippen LogP contribution in [0.15, 0.2) is 35.5 Å². The van der Waals surface area contributed by atoms with E-state index in [0.717, 1.165) is 5.56 Å². The summed E-state index contributed by atoms with van der Waals surface area (Å²) in [6.45, 7) is 4.72. The molecule has 162 valence electrons. The molecule has 0 fully saturated rings. The zero-order chi connectivity index (χ0) is 22.1. The average molecular weight is 418 g/mol. The summed E-state index contributed by atoms with van der Waals surface area (Å²) in [5.74, 6) is -0.403. The molecule has 1 aliphatic rings. The van der Waals surface area contributed by atoms with Gasteiger partial charge in [0.05, 0.1) is 31.0 Å². The van der Waals surface area contributed by atoms with Crippen LogP contribution in [-0.4, -0.2) is 50.9 Å². The van der Waals surface area contributed by atoms with Gasteiger partial charge in [-0.15, -0.1) is 0 Å². The molecule has 0 radical (unpaired) electrons. The Labute approximate surface area is 175 Å². The lowest BCUT2D eigenvalue weighted by Gasteiger charge is -2.26. The number of esters is 2. The smallest absolute Gasteiger partial charge is 0.344 e. The molecule has 1 aliphatic heterocycles. The summed E-state index contributed by atoms with van der Waals surface area (Å²) in [5.41, 5.74) is 1.30. The first kappa shape index (κ1) is 22.8. The minimum atomic E-state index is -0.675. The van der Waals surface area contributed by atoms with Gasteiger partial charge in [0, 0.05) is 0 Å². The van der Waals surface area contributed by atoms with Crippen molar-refractivity contribution in [2.75, 3.05) is 26.9 Å². The number of methoxy groups -OCH3 is 1. The molecule has 2 N–H and O–H groups in total. The van der Waals surface area contributed by atoms with Crippen LogP contribution in [0, 0.1) is 0 Å². The molecule has 0 spiro atoms. The third-order valence-corrected chi connectivity index (χ3v) is 4.14. The molecule has 9 nitrogen and oxygen atoms in total. The van der Waals surface area contributed by atoms with Crippen LogP contribution < -0.4 is 20.1 Å². The van der Waals surface area contributed by atoms with Crippen LogP contribution in [0.25, 0.3) is 6.08 Å². The standard InChI is InChI=1S/C21H26N2O7/c1-5-7-14-8-9-16(17(10-14)27-4)29-12-18(24)30-11-15-19(20(25)28-6-2)13(3)22-21(26)23-15/h5,7-10,13H,6,11-12H2,1-4H3,(H2,22,23,26)/b7-5+/t13-/m1/s1. The summed E-state index contributed by atoms with van der Waals surface area (Å²) < 4.78 is 20.9. The summed E-state index contributed by atoms with van der Waals surface area (Å²) in [7, 11) is 1.50. The molecule has 0 aliphatic carbocycles. The Morgan fingerprint density at radius 2 is 1.97 bits per heavy atom. The average Bonchev–Trinajstić information content (AvgIpc) is 2.71. The van der Waals surface area contributed by atoms with Gasteiger partial charge < -0.3 is 29.6 Å². The summed E-state index contributed by atoms with van der Waals surface area (Å²) in [6.07, 6.45) is 3.80. The summed E-state index contributed by atoms with van der Waals surface area (Å²) in [5, 5.41) is 5.05. The highest BCUT2D eigenvalue weighted by molar-refractivity contribution is 5.94. The van der Waals surface area contributed by atoms with E-state index >= 15 is 0 Å². The lowest BCUT2D eigenvalue weighted by atomic mass is 10.0. The van der Waals surface area contributed by atoms with Crippen LogP contribution >= 0.6 is 0 Å². The molecule has 2 amide bonds.